The first kappa shape index (κ1) is 11.8. The Bertz CT molecular complexity index is 527. The molecule has 6 heteroatoms. The second-order valence-corrected chi connectivity index (χ2v) is 7.08. The molecule has 0 spiro atoms. The van der Waals surface area contributed by atoms with Crippen LogP contribution in [0.25, 0.3) is 0 Å². The van der Waals surface area contributed by atoms with Crippen LogP contribution in [0.15, 0.2) is 39.3 Å². The summed E-state index contributed by atoms with van der Waals surface area (Å²) < 4.78 is 13.1. The van der Waals surface area contributed by atoms with Crippen molar-refractivity contribution in [3.8, 4) is 0 Å². The summed E-state index contributed by atoms with van der Waals surface area (Å²) in [5, 5.41) is 0. The Balaban J connectivity index is 2.18. The molecule has 2 N–H and O–H groups in total. The number of thiophene rings is 1. The summed E-state index contributed by atoms with van der Waals surface area (Å²) in [7, 11) is -1.11. The second-order valence-electron chi connectivity index (χ2n) is 3.11. The van der Waals surface area contributed by atoms with E-state index in [2.05, 4.69) is 20.9 Å². The number of nitrogens with zero attached hydrogens (tertiary/aromatic N) is 1. The van der Waals surface area contributed by atoms with Crippen LogP contribution in [0, 0.1) is 0 Å². The van der Waals surface area contributed by atoms with Crippen molar-refractivity contribution < 1.29 is 4.21 Å². The van der Waals surface area contributed by atoms with Gasteiger partial charge in [-0.05, 0) is 34.1 Å². The van der Waals surface area contributed by atoms with E-state index in [1.54, 1.807) is 23.6 Å². The van der Waals surface area contributed by atoms with Gasteiger partial charge in [0, 0.05) is 11.1 Å². The minimum atomic E-state index is -1.11. The van der Waals surface area contributed by atoms with E-state index < -0.39 is 10.8 Å². The number of aromatic nitrogens is 1. The van der Waals surface area contributed by atoms with Crippen LogP contribution in [0.3, 0.4) is 0 Å². The normalized spacial score (nSPS) is 12.6. The highest BCUT2D eigenvalue weighted by Gasteiger charge is 2.09. The van der Waals surface area contributed by atoms with E-state index in [4.69, 9.17) is 5.73 Å². The lowest BCUT2D eigenvalue weighted by molar-refractivity contribution is 0.683. The lowest BCUT2D eigenvalue weighted by Gasteiger charge is -2.03. The van der Waals surface area contributed by atoms with Crippen molar-refractivity contribution >= 4 is 43.8 Å². The number of nitrogen functional groups attached to an aromatic ring is 1. The maximum Gasteiger partial charge on any atom is 0.0701 e. The van der Waals surface area contributed by atoms with Crippen LogP contribution in [0.1, 0.15) is 4.88 Å². The van der Waals surface area contributed by atoms with Gasteiger partial charge in [0.1, 0.15) is 0 Å². The number of pyridine rings is 1. The summed E-state index contributed by atoms with van der Waals surface area (Å²) in [6.45, 7) is 0. The third-order valence-corrected chi connectivity index (χ3v) is 5.20. The fraction of sp³-hybridized carbons (Fsp3) is 0.100. The van der Waals surface area contributed by atoms with E-state index in [0.29, 0.717) is 16.3 Å². The number of hydrogen-bond acceptors (Lipinski definition) is 4. The summed E-state index contributed by atoms with van der Waals surface area (Å²) in [4.78, 5) is 5.60. The van der Waals surface area contributed by atoms with Crippen molar-refractivity contribution in [2.24, 2.45) is 0 Å². The van der Waals surface area contributed by atoms with Gasteiger partial charge < -0.3 is 5.73 Å². The molecule has 0 amide bonds. The maximum atomic E-state index is 12.0. The fourth-order valence-electron chi connectivity index (χ4n) is 1.24. The van der Waals surface area contributed by atoms with E-state index in [1.807, 2.05) is 12.1 Å². The van der Waals surface area contributed by atoms with Gasteiger partial charge in [0.25, 0.3) is 0 Å². The second kappa shape index (κ2) is 5.07. The predicted molar refractivity (Wildman–Crippen MR) is 70.8 cm³/mol. The maximum absolute atomic E-state index is 12.0. The molecule has 0 aliphatic rings. The molecule has 0 radical (unpaired) electrons. The highest BCUT2D eigenvalue weighted by Crippen LogP contribution is 2.25. The van der Waals surface area contributed by atoms with Crippen molar-refractivity contribution in [1.82, 2.24) is 4.98 Å². The number of rotatable bonds is 3. The number of anilines is 1. The Morgan fingerprint density at radius 3 is 2.88 bits per heavy atom. The monoisotopic (exact) mass is 316 g/mol. The smallest absolute Gasteiger partial charge is 0.0701 e. The molecule has 0 aliphatic carbocycles. The van der Waals surface area contributed by atoms with Gasteiger partial charge in [0.05, 0.1) is 37.1 Å². The molecule has 0 aromatic carbocycles. The van der Waals surface area contributed by atoms with Gasteiger partial charge in [-0.1, -0.05) is 0 Å². The fourth-order valence-corrected chi connectivity index (χ4v) is 4.11. The minimum absolute atomic E-state index is 0.483. The third-order valence-electron chi connectivity index (χ3n) is 1.96. The average molecular weight is 317 g/mol. The molecule has 0 saturated heterocycles. The first-order chi connectivity index (χ1) is 7.66. The first-order valence-electron chi connectivity index (χ1n) is 4.49. The Morgan fingerprint density at radius 1 is 1.44 bits per heavy atom. The SMILES string of the molecule is Nc1cnccc1S(=O)Cc1ccc(Br)s1. The Labute approximate surface area is 108 Å². The topological polar surface area (TPSA) is 56.0 Å². The molecule has 2 rings (SSSR count). The molecule has 0 saturated carbocycles. The molecule has 0 fully saturated rings. The molecular formula is C10H9BrN2OS2. The lowest BCUT2D eigenvalue weighted by Crippen LogP contribution is -2.00. The van der Waals surface area contributed by atoms with Crippen molar-refractivity contribution in [3.05, 3.63) is 39.3 Å². The van der Waals surface area contributed by atoms with Crippen molar-refractivity contribution in [3.63, 3.8) is 0 Å². The quantitative estimate of drug-likeness (QED) is 0.947. The molecule has 16 heavy (non-hydrogen) atoms. The zero-order valence-electron chi connectivity index (χ0n) is 8.22. The molecule has 0 aliphatic heterocycles. The molecule has 84 valence electrons. The van der Waals surface area contributed by atoms with E-state index in [1.165, 1.54) is 6.20 Å². The highest BCUT2D eigenvalue weighted by atomic mass is 79.9. The Hall–Kier alpha value is -0.720. The molecule has 1 atom stereocenters. The van der Waals surface area contributed by atoms with Crippen molar-refractivity contribution in [1.29, 1.82) is 0 Å². The molecular weight excluding hydrogens is 308 g/mol. The van der Waals surface area contributed by atoms with Crippen LogP contribution in [0.5, 0.6) is 0 Å². The third kappa shape index (κ3) is 2.69. The molecule has 0 bridgehead atoms. The van der Waals surface area contributed by atoms with Gasteiger partial charge in [0.15, 0.2) is 0 Å². The highest BCUT2D eigenvalue weighted by molar-refractivity contribution is 9.11. The number of halogens is 1. The molecule has 1 unspecified atom stereocenters. The Morgan fingerprint density at radius 2 is 2.25 bits per heavy atom. The lowest BCUT2D eigenvalue weighted by atomic mass is 10.4. The summed E-state index contributed by atoms with van der Waals surface area (Å²) in [5.74, 6) is 0.491. The zero-order chi connectivity index (χ0) is 11.5. The number of hydrogen-bond donors (Lipinski definition) is 1. The van der Waals surface area contributed by atoms with Gasteiger partial charge in [-0.15, -0.1) is 11.3 Å². The Kier molecular flexibility index (Phi) is 3.73. The van der Waals surface area contributed by atoms with E-state index >= 15 is 0 Å². The largest absolute Gasteiger partial charge is 0.396 e. The van der Waals surface area contributed by atoms with Crippen LogP contribution in [0.4, 0.5) is 5.69 Å². The predicted octanol–water partition coefficient (Wildman–Crippen LogP) is 2.80. The van der Waals surface area contributed by atoms with Gasteiger partial charge in [-0.2, -0.15) is 0 Å². The molecule has 2 aromatic rings. The van der Waals surface area contributed by atoms with Crippen molar-refractivity contribution in [2.45, 2.75) is 10.6 Å². The van der Waals surface area contributed by atoms with Gasteiger partial charge in [-0.3, -0.25) is 9.19 Å². The summed E-state index contributed by atoms with van der Waals surface area (Å²) in [6, 6.07) is 5.62. The summed E-state index contributed by atoms with van der Waals surface area (Å²) in [5.41, 5.74) is 6.20. The van der Waals surface area contributed by atoms with Crippen LogP contribution < -0.4 is 5.73 Å². The van der Waals surface area contributed by atoms with E-state index in [9.17, 15) is 4.21 Å². The number of nitrogens with two attached hydrogens (primary N) is 1. The van der Waals surface area contributed by atoms with E-state index in [0.717, 1.165) is 8.66 Å². The average Bonchev–Trinajstić information content (AvgIpc) is 2.64. The van der Waals surface area contributed by atoms with Crippen LogP contribution in [0.2, 0.25) is 0 Å². The minimum Gasteiger partial charge on any atom is -0.396 e. The van der Waals surface area contributed by atoms with Gasteiger partial charge >= 0.3 is 0 Å². The molecule has 2 heterocycles. The van der Waals surface area contributed by atoms with Gasteiger partial charge in [0.2, 0.25) is 0 Å². The van der Waals surface area contributed by atoms with Crippen molar-refractivity contribution in [2.75, 3.05) is 5.73 Å². The molecule has 3 nitrogen and oxygen atoms in total. The summed E-state index contributed by atoms with van der Waals surface area (Å²) >= 11 is 4.96. The standard InChI is InChI=1S/C10H9BrN2OS2/c11-10-2-1-7(15-10)6-16(14)9-3-4-13-5-8(9)12/h1-5H,6,12H2. The van der Waals surface area contributed by atoms with E-state index in [-0.39, 0.29) is 0 Å². The first-order valence-corrected chi connectivity index (χ1v) is 7.42. The van der Waals surface area contributed by atoms with Crippen LogP contribution in [-0.2, 0) is 16.6 Å². The van der Waals surface area contributed by atoms with Crippen LogP contribution in [-0.4, -0.2) is 9.19 Å². The molecule has 2 aromatic heterocycles. The zero-order valence-corrected chi connectivity index (χ0v) is 11.4. The summed E-state index contributed by atoms with van der Waals surface area (Å²) in [6.07, 6.45) is 3.13. The van der Waals surface area contributed by atoms with Crippen LogP contribution >= 0.6 is 27.3 Å². The van der Waals surface area contributed by atoms with Gasteiger partial charge in [-0.25, -0.2) is 0 Å².